The third kappa shape index (κ3) is 6.93. The van der Waals surface area contributed by atoms with Crippen LogP contribution in [0.15, 0.2) is 17.1 Å². The van der Waals surface area contributed by atoms with Crippen molar-refractivity contribution < 1.29 is 9.53 Å². The van der Waals surface area contributed by atoms with Crippen molar-refractivity contribution in [2.24, 2.45) is 10.4 Å². The van der Waals surface area contributed by atoms with Crippen LogP contribution in [-0.4, -0.2) is 64.2 Å². The summed E-state index contributed by atoms with van der Waals surface area (Å²) in [6.45, 7) is 8.26. The van der Waals surface area contributed by atoms with Crippen LogP contribution < -0.4 is 10.6 Å². The normalized spacial score (nSPS) is 16.1. The minimum absolute atomic E-state index is 0.0167. The predicted molar refractivity (Wildman–Crippen MR) is 90.0 cm³/mol. The van der Waals surface area contributed by atoms with Crippen molar-refractivity contribution in [2.75, 3.05) is 47.4 Å². The molecule has 1 aliphatic rings. The van der Waals surface area contributed by atoms with E-state index in [-0.39, 0.29) is 12.5 Å². The van der Waals surface area contributed by atoms with E-state index in [2.05, 4.69) is 22.2 Å². The van der Waals surface area contributed by atoms with Crippen LogP contribution >= 0.6 is 0 Å². The molecule has 22 heavy (non-hydrogen) atoms. The number of likely N-dealkylation sites (N-methyl/N-ethyl adjacent to an activating group) is 1. The Morgan fingerprint density at radius 1 is 1.36 bits per heavy atom. The maximum absolute atomic E-state index is 11.7. The number of aliphatic imine (C=N–C) groups is 1. The second-order valence-electron chi connectivity index (χ2n) is 6.36. The van der Waals surface area contributed by atoms with Gasteiger partial charge in [-0.2, -0.15) is 0 Å². The van der Waals surface area contributed by atoms with Gasteiger partial charge in [0, 0.05) is 40.9 Å². The van der Waals surface area contributed by atoms with E-state index in [1.807, 2.05) is 6.92 Å². The Hall–Kier alpha value is -1.56. The summed E-state index contributed by atoms with van der Waals surface area (Å²) in [6, 6.07) is 0. The van der Waals surface area contributed by atoms with E-state index >= 15 is 0 Å². The monoisotopic (exact) mass is 310 g/mol. The first-order valence-electron chi connectivity index (χ1n) is 7.74. The number of methoxy groups -OCH3 is 1. The fourth-order valence-electron chi connectivity index (χ4n) is 1.98. The number of amides is 1. The first kappa shape index (κ1) is 18.5. The van der Waals surface area contributed by atoms with Gasteiger partial charge in [-0.3, -0.25) is 4.79 Å². The molecule has 0 unspecified atom stereocenters. The molecule has 6 heteroatoms. The standard InChI is InChI=1S/C16H30N4O2/c1-13(2)10-17-15(18-11-14(21)20(3)4)19-12-16(6-7-16)8-9-22-5/h1,6-12H2,2-5H3,(H2,17,18,19). The fourth-order valence-corrected chi connectivity index (χ4v) is 1.98. The van der Waals surface area contributed by atoms with Crippen LogP contribution in [0.2, 0.25) is 0 Å². The molecule has 1 fully saturated rings. The number of nitrogens with one attached hydrogen (secondary N) is 2. The molecule has 0 radical (unpaired) electrons. The highest BCUT2D eigenvalue weighted by Gasteiger charge is 2.41. The van der Waals surface area contributed by atoms with Gasteiger partial charge >= 0.3 is 0 Å². The summed E-state index contributed by atoms with van der Waals surface area (Å²) in [7, 11) is 5.20. The van der Waals surface area contributed by atoms with Gasteiger partial charge in [-0.25, -0.2) is 4.99 Å². The number of carbonyl (C=O) groups is 1. The van der Waals surface area contributed by atoms with Crippen LogP contribution in [0.25, 0.3) is 0 Å². The molecule has 0 aromatic carbocycles. The molecule has 6 nitrogen and oxygen atoms in total. The Labute approximate surface area is 134 Å². The second-order valence-corrected chi connectivity index (χ2v) is 6.36. The molecule has 0 aliphatic heterocycles. The molecule has 0 aromatic rings. The maximum atomic E-state index is 11.7. The third-order valence-electron chi connectivity index (χ3n) is 3.85. The van der Waals surface area contributed by atoms with Crippen LogP contribution in [0.5, 0.6) is 0 Å². The van der Waals surface area contributed by atoms with E-state index in [1.54, 1.807) is 26.1 Å². The quantitative estimate of drug-likeness (QED) is 0.379. The van der Waals surface area contributed by atoms with Crippen LogP contribution in [0.3, 0.4) is 0 Å². The Bertz CT molecular complexity index is 414. The summed E-state index contributed by atoms with van der Waals surface area (Å²) in [5.74, 6) is 0.652. The summed E-state index contributed by atoms with van der Waals surface area (Å²) >= 11 is 0. The number of guanidine groups is 1. The molecule has 1 aliphatic carbocycles. The van der Waals surface area contributed by atoms with E-state index in [4.69, 9.17) is 4.74 Å². The number of hydrogen-bond acceptors (Lipinski definition) is 3. The number of rotatable bonds is 9. The van der Waals surface area contributed by atoms with Crippen molar-refractivity contribution in [2.45, 2.75) is 26.2 Å². The van der Waals surface area contributed by atoms with Crippen molar-refractivity contribution in [3.8, 4) is 0 Å². The van der Waals surface area contributed by atoms with Crippen LogP contribution in [-0.2, 0) is 9.53 Å². The van der Waals surface area contributed by atoms with Crippen molar-refractivity contribution in [3.63, 3.8) is 0 Å². The van der Waals surface area contributed by atoms with Crippen molar-refractivity contribution in [1.29, 1.82) is 0 Å². The molecular weight excluding hydrogens is 280 g/mol. The van der Waals surface area contributed by atoms with Gasteiger partial charge in [0.1, 0.15) is 6.54 Å². The lowest BCUT2D eigenvalue weighted by Crippen LogP contribution is -2.42. The lowest BCUT2D eigenvalue weighted by Gasteiger charge is -2.19. The Kier molecular flexibility index (Phi) is 7.38. The minimum Gasteiger partial charge on any atom is -0.385 e. The van der Waals surface area contributed by atoms with Gasteiger partial charge in [-0.1, -0.05) is 12.2 Å². The van der Waals surface area contributed by atoms with Crippen LogP contribution in [0.1, 0.15) is 26.2 Å². The molecular formula is C16H30N4O2. The first-order valence-corrected chi connectivity index (χ1v) is 7.74. The molecule has 0 heterocycles. The zero-order valence-electron chi connectivity index (χ0n) is 14.4. The topological polar surface area (TPSA) is 66.0 Å². The molecule has 0 bridgehead atoms. The smallest absolute Gasteiger partial charge is 0.243 e. The van der Waals surface area contributed by atoms with E-state index in [0.29, 0.717) is 17.9 Å². The Balaban J connectivity index is 2.52. The highest BCUT2D eigenvalue weighted by atomic mass is 16.5. The molecule has 126 valence electrons. The maximum Gasteiger partial charge on any atom is 0.243 e. The van der Waals surface area contributed by atoms with E-state index in [1.165, 1.54) is 12.8 Å². The molecule has 1 saturated carbocycles. The average Bonchev–Trinajstić information content (AvgIpc) is 3.24. The first-order chi connectivity index (χ1) is 10.4. The summed E-state index contributed by atoms with van der Waals surface area (Å²) in [5.41, 5.74) is 1.35. The van der Waals surface area contributed by atoms with Crippen molar-refractivity contribution >= 4 is 11.9 Å². The van der Waals surface area contributed by atoms with Gasteiger partial charge in [0.05, 0.1) is 0 Å². The molecule has 2 N–H and O–H groups in total. The van der Waals surface area contributed by atoms with Gasteiger partial charge in [0.25, 0.3) is 0 Å². The summed E-state index contributed by atoms with van der Waals surface area (Å²) in [4.78, 5) is 17.6. The van der Waals surface area contributed by atoms with Gasteiger partial charge < -0.3 is 20.3 Å². The molecule has 1 rings (SSSR count). The zero-order valence-corrected chi connectivity index (χ0v) is 14.4. The van der Waals surface area contributed by atoms with E-state index in [9.17, 15) is 4.79 Å². The number of carbonyl (C=O) groups excluding carboxylic acids is 1. The number of hydrogen-bond donors (Lipinski definition) is 2. The largest absolute Gasteiger partial charge is 0.385 e. The van der Waals surface area contributed by atoms with E-state index in [0.717, 1.165) is 25.1 Å². The van der Waals surface area contributed by atoms with Gasteiger partial charge in [-0.05, 0) is 31.6 Å². The number of nitrogens with zero attached hydrogens (tertiary/aromatic N) is 2. The average molecular weight is 310 g/mol. The molecule has 0 aromatic heterocycles. The van der Waals surface area contributed by atoms with Gasteiger partial charge in [-0.15, -0.1) is 0 Å². The van der Waals surface area contributed by atoms with Crippen molar-refractivity contribution in [1.82, 2.24) is 15.5 Å². The molecule has 0 saturated heterocycles. The SMILES string of the molecule is C=C(C)CNC(=NCC(=O)N(C)C)NCC1(CCOC)CC1. The van der Waals surface area contributed by atoms with Gasteiger partial charge in [0.15, 0.2) is 5.96 Å². The lowest BCUT2D eigenvalue weighted by atomic mass is 10.0. The second kappa shape index (κ2) is 8.78. The summed E-state index contributed by atoms with van der Waals surface area (Å²) < 4.78 is 5.17. The molecule has 1 amide bonds. The molecule has 0 spiro atoms. The third-order valence-corrected chi connectivity index (χ3v) is 3.85. The van der Waals surface area contributed by atoms with E-state index < -0.39 is 0 Å². The predicted octanol–water partition coefficient (Wildman–Crippen LogP) is 1.00. The highest BCUT2D eigenvalue weighted by Crippen LogP contribution is 2.48. The fraction of sp³-hybridized carbons (Fsp3) is 0.750. The van der Waals surface area contributed by atoms with Crippen LogP contribution in [0, 0.1) is 5.41 Å². The molecule has 0 atom stereocenters. The summed E-state index contributed by atoms with van der Waals surface area (Å²) in [6.07, 6.45) is 3.49. The zero-order chi connectivity index (χ0) is 16.6. The summed E-state index contributed by atoms with van der Waals surface area (Å²) in [5, 5.41) is 6.56. The Morgan fingerprint density at radius 3 is 2.55 bits per heavy atom. The highest BCUT2D eigenvalue weighted by molar-refractivity contribution is 5.84. The lowest BCUT2D eigenvalue weighted by molar-refractivity contribution is -0.127. The number of ether oxygens (including phenoxy) is 1. The van der Waals surface area contributed by atoms with Crippen molar-refractivity contribution in [3.05, 3.63) is 12.2 Å². The van der Waals surface area contributed by atoms with Gasteiger partial charge in [0.2, 0.25) is 5.91 Å². The minimum atomic E-state index is -0.0167. The Morgan fingerprint density at radius 2 is 2.05 bits per heavy atom. The van der Waals surface area contributed by atoms with Crippen LogP contribution in [0.4, 0.5) is 0 Å².